The van der Waals surface area contributed by atoms with E-state index in [1.807, 2.05) is 0 Å². The Bertz CT molecular complexity index is 336. The van der Waals surface area contributed by atoms with E-state index in [-0.39, 0.29) is 0 Å². The van der Waals surface area contributed by atoms with Crippen LogP contribution in [0, 0.1) is 5.92 Å². The minimum Gasteiger partial charge on any atom is -0.315 e. The van der Waals surface area contributed by atoms with Gasteiger partial charge in [-0.1, -0.05) is 0 Å². The molecule has 2 atom stereocenters. The lowest BCUT2D eigenvalue weighted by Crippen LogP contribution is -2.37. The average Bonchev–Trinajstić information content (AvgIpc) is 3.05. The summed E-state index contributed by atoms with van der Waals surface area (Å²) in [4.78, 5) is 2.70. The van der Waals surface area contributed by atoms with Crippen LogP contribution >= 0.6 is 11.3 Å². The van der Waals surface area contributed by atoms with Gasteiger partial charge < -0.3 is 5.32 Å². The van der Waals surface area contributed by atoms with Crippen molar-refractivity contribution in [1.29, 1.82) is 0 Å². The van der Waals surface area contributed by atoms with Crippen molar-refractivity contribution >= 4 is 11.3 Å². The minimum absolute atomic E-state index is 0.929. The summed E-state index contributed by atoms with van der Waals surface area (Å²) in [6.45, 7) is 4.91. The van der Waals surface area contributed by atoms with Crippen LogP contribution < -0.4 is 5.32 Å². The lowest BCUT2D eigenvalue weighted by atomic mass is 10.1. The Labute approximate surface area is 108 Å². The van der Waals surface area contributed by atoms with Crippen molar-refractivity contribution in [2.75, 3.05) is 26.2 Å². The molecule has 1 aliphatic heterocycles. The largest absolute Gasteiger partial charge is 0.315 e. The second-order valence-electron chi connectivity index (χ2n) is 5.46. The number of hydrogen-bond acceptors (Lipinski definition) is 3. The number of rotatable bonds is 6. The van der Waals surface area contributed by atoms with E-state index < -0.39 is 0 Å². The molecule has 0 amide bonds. The third kappa shape index (κ3) is 2.90. The fourth-order valence-corrected chi connectivity index (χ4v) is 4.02. The van der Waals surface area contributed by atoms with Crippen LogP contribution in [0.5, 0.6) is 0 Å². The molecular formula is C14H22N2S. The first kappa shape index (κ1) is 11.7. The average molecular weight is 250 g/mol. The molecule has 2 unspecified atom stereocenters. The van der Waals surface area contributed by atoms with Gasteiger partial charge in [-0.05, 0) is 60.5 Å². The minimum atomic E-state index is 0.929. The molecule has 1 aromatic rings. The van der Waals surface area contributed by atoms with Crippen molar-refractivity contribution in [3.8, 4) is 0 Å². The highest BCUT2D eigenvalue weighted by Gasteiger charge is 2.36. The molecule has 0 spiro atoms. The van der Waals surface area contributed by atoms with E-state index in [4.69, 9.17) is 0 Å². The van der Waals surface area contributed by atoms with E-state index in [0.29, 0.717) is 0 Å². The lowest BCUT2D eigenvalue weighted by Gasteiger charge is -2.26. The zero-order valence-electron chi connectivity index (χ0n) is 10.4. The van der Waals surface area contributed by atoms with Gasteiger partial charge in [0.15, 0.2) is 0 Å². The Hall–Kier alpha value is -0.380. The van der Waals surface area contributed by atoms with Gasteiger partial charge in [0.25, 0.3) is 0 Å². The molecule has 1 saturated heterocycles. The lowest BCUT2D eigenvalue weighted by molar-refractivity contribution is 0.214. The van der Waals surface area contributed by atoms with Crippen molar-refractivity contribution in [3.63, 3.8) is 0 Å². The summed E-state index contributed by atoms with van der Waals surface area (Å²) in [5, 5.41) is 7.99. The van der Waals surface area contributed by atoms with Gasteiger partial charge in [-0.15, -0.1) is 0 Å². The molecule has 3 heteroatoms. The van der Waals surface area contributed by atoms with Crippen LogP contribution in [-0.2, 0) is 6.42 Å². The number of nitrogens with one attached hydrogen (secondary N) is 1. The van der Waals surface area contributed by atoms with Crippen LogP contribution in [0.3, 0.4) is 0 Å². The summed E-state index contributed by atoms with van der Waals surface area (Å²) < 4.78 is 0. The smallest absolute Gasteiger partial charge is 0.0110 e. The van der Waals surface area contributed by atoms with E-state index in [0.717, 1.165) is 25.0 Å². The third-order valence-corrected chi connectivity index (χ3v) is 5.00. The highest BCUT2D eigenvalue weighted by atomic mass is 32.1. The molecule has 1 aliphatic carbocycles. The van der Waals surface area contributed by atoms with Crippen LogP contribution in [0.25, 0.3) is 0 Å². The van der Waals surface area contributed by atoms with Crippen LogP contribution in [0.15, 0.2) is 16.8 Å². The van der Waals surface area contributed by atoms with Gasteiger partial charge in [-0.2, -0.15) is 11.3 Å². The molecule has 0 radical (unpaired) electrons. The number of thiophene rings is 1. The number of nitrogens with zero attached hydrogens (tertiary/aromatic N) is 1. The normalized spacial score (nSPS) is 28.0. The maximum atomic E-state index is 3.57. The Morgan fingerprint density at radius 1 is 1.35 bits per heavy atom. The second-order valence-corrected chi connectivity index (χ2v) is 6.24. The van der Waals surface area contributed by atoms with Gasteiger partial charge in [0.1, 0.15) is 0 Å². The molecule has 2 heterocycles. The van der Waals surface area contributed by atoms with Crippen molar-refractivity contribution in [2.24, 2.45) is 5.92 Å². The molecule has 2 fully saturated rings. The molecular weight excluding hydrogens is 228 g/mol. The van der Waals surface area contributed by atoms with Gasteiger partial charge in [-0.3, -0.25) is 4.90 Å². The Balaban J connectivity index is 1.28. The SMILES string of the molecule is c1cc(CCNCCN2CC3CCC2C3)cs1. The Kier molecular flexibility index (Phi) is 3.79. The maximum Gasteiger partial charge on any atom is 0.0110 e. The van der Waals surface area contributed by atoms with Crippen molar-refractivity contribution in [1.82, 2.24) is 10.2 Å². The fourth-order valence-electron chi connectivity index (χ4n) is 3.32. The van der Waals surface area contributed by atoms with E-state index in [2.05, 4.69) is 27.0 Å². The molecule has 1 aromatic heterocycles. The van der Waals surface area contributed by atoms with Gasteiger partial charge in [0, 0.05) is 25.7 Å². The molecule has 1 saturated carbocycles. The number of piperidine rings is 1. The molecule has 1 N–H and O–H groups in total. The van der Waals surface area contributed by atoms with E-state index in [1.165, 1.54) is 44.3 Å². The van der Waals surface area contributed by atoms with E-state index in [9.17, 15) is 0 Å². The van der Waals surface area contributed by atoms with Crippen LogP contribution in [0.1, 0.15) is 24.8 Å². The summed E-state index contributed by atoms with van der Waals surface area (Å²) in [6.07, 6.45) is 5.61. The Morgan fingerprint density at radius 3 is 3.06 bits per heavy atom. The van der Waals surface area contributed by atoms with Crippen LogP contribution in [0.2, 0.25) is 0 Å². The first-order chi connectivity index (χ1) is 8.42. The van der Waals surface area contributed by atoms with Gasteiger partial charge >= 0.3 is 0 Å². The predicted octanol–water partition coefficient (Wildman–Crippen LogP) is 2.36. The fraction of sp³-hybridized carbons (Fsp3) is 0.714. The standard InChI is InChI=1S/C14H22N2S/c1-2-14-9-13(1)10-16(14)7-6-15-5-3-12-4-8-17-11-12/h4,8,11,13-15H,1-3,5-7,9-10H2. The van der Waals surface area contributed by atoms with Crippen molar-refractivity contribution in [2.45, 2.75) is 31.7 Å². The topological polar surface area (TPSA) is 15.3 Å². The highest BCUT2D eigenvalue weighted by molar-refractivity contribution is 7.07. The van der Waals surface area contributed by atoms with Crippen LogP contribution in [-0.4, -0.2) is 37.1 Å². The molecule has 2 bridgehead atoms. The van der Waals surface area contributed by atoms with Gasteiger partial charge in [0.05, 0.1) is 0 Å². The summed E-state index contributed by atoms with van der Waals surface area (Å²) in [7, 11) is 0. The maximum absolute atomic E-state index is 3.57. The summed E-state index contributed by atoms with van der Waals surface area (Å²) in [6, 6.07) is 3.16. The first-order valence-electron chi connectivity index (χ1n) is 6.87. The Morgan fingerprint density at radius 2 is 2.35 bits per heavy atom. The van der Waals surface area contributed by atoms with Crippen LogP contribution in [0.4, 0.5) is 0 Å². The zero-order valence-corrected chi connectivity index (χ0v) is 11.2. The number of likely N-dealkylation sites (tertiary alicyclic amines) is 1. The third-order valence-electron chi connectivity index (χ3n) is 4.27. The second kappa shape index (κ2) is 5.51. The summed E-state index contributed by atoms with van der Waals surface area (Å²) in [5.74, 6) is 1.03. The van der Waals surface area contributed by atoms with Gasteiger partial charge in [0.2, 0.25) is 0 Å². The first-order valence-corrected chi connectivity index (χ1v) is 7.82. The quantitative estimate of drug-likeness (QED) is 0.780. The van der Waals surface area contributed by atoms with E-state index in [1.54, 1.807) is 11.3 Å². The monoisotopic (exact) mass is 250 g/mol. The van der Waals surface area contributed by atoms with Crippen molar-refractivity contribution in [3.05, 3.63) is 22.4 Å². The zero-order chi connectivity index (χ0) is 11.5. The molecule has 94 valence electrons. The molecule has 17 heavy (non-hydrogen) atoms. The van der Waals surface area contributed by atoms with E-state index >= 15 is 0 Å². The molecule has 2 aliphatic rings. The van der Waals surface area contributed by atoms with Crippen molar-refractivity contribution < 1.29 is 0 Å². The van der Waals surface area contributed by atoms with Gasteiger partial charge in [-0.25, -0.2) is 0 Å². The number of fused-ring (bicyclic) bond motifs is 2. The predicted molar refractivity (Wildman–Crippen MR) is 73.6 cm³/mol. The summed E-state index contributed by atoms with van der Waals surface area (Å²) >= 11 is 1.80. The number of hydrogen-bond donors (Lipinski definition) is 1. The highest BCUT2D eigenvalue weighted by Crippen LogP contribution is 2.36. The molecule has 2 nitrogen and oxygen atoms in total. The molecule has 3 rings (SSSR count). The molecule has 0 aromatic carbocycles. The summed E-state index contributed by atoms with van der Waals surface area (Å²) in [5.41, 5.74) is 1.47.